The predicted molar refractivity (Wildman–Crippen MR) is 109 cm³/mol. The SMILES string of the molecule is COc1cc(-c2cc3ccc(N4CCNC(C)C4)cc3oc2=O)ccc1C. The summed E-state index contributed by atoms with van der Waals surface area (Å²) in [6.07, 6.45) is 0. The number of methoxy groups -OCH3 is 1. The Balaban J connectivity index is 1.74. The van der Waals surface area contributed by atoms with Crippen molar-refractivity contribution in [1.82, 2.24) is 5.32 Å². The number of hydrogen-bond acceptors (Lipinski definition) is 5. The average molecular weight is 364 g/mol. The molecule has 5 heteroatoms. The van der Waals surface area contributed by atoms with E-state index in [0.29, 0.717) is 17.2 Å². The molecule has 0 aliphatic carbocycles. The Morgan fingerprint density at radius 3 is 2.81 bits per heavy atom. The molecule has 1 aliphatic heterocycles. The minimum Gasteiger partial charge on any atom is -0.496 e. The fourth-order valence-corrected chi connectivity index (χ4v) is 3.65. The average Bonchev–Trinajstić information content (AvgIpc) is 2.67. The summed E-state index contributed by atoms with van der Waals surface area (Å²) in [7, 11) is 1.63. The molecule has 4 rings (SSSR count). The Morgan fingerprint density at radius 2 is 2.04 bits per heavy atom. The zero-order valence-corrected chi connectivity index (χ0v) is 15.9. The molecule has 3 aromatic rings. The number of ether oxygens (including phenoxy) is 1. The first-order valence-corrected chi connectivity index (χ1v) is 9.26. The number of hydrogen-bond donors (Lipinski definition) is 1. The number of piperazine rings is 1. The van der Waals surface area contributed by atoms with Gasteiger partial charge >= 0.3 is 5.63 Å². The lowest BCUT2D eigenvalue weighted by Gasteiger charge is -2.33. The van der Waals surface area contributed by atoms with Gasteiger partial charge in [0.15, 0.2) is 0 Å². The molecule has 1 unspecified atom stereocenters. The summed E-state index contributed by atoms with van der Waals surface area (Å²) < 4.78 is 11.1. The zero-order valence-electron chi connectivity index (χ0n) is 15.9. The minimum atomic E-state index is -0.334. The van der Waals surface area contributed by atoms with E-state index in [2.05, 4.69) is 23.2 Å². The molecule has 1 fully saturated rings. The van der Waals surface area contributed by atoms with Gasteiger partial charge in [0.2, 0.25) is 0 Å². The fourth-order valence-electron chi connectivity index (χ4n) is 3.65. The second kappa shape index (κ2) is 7.08. The molecule has 1 saturated heterocycles. The van der Waals surface area contributed by atoms with Crippen LogP contribution in [-0.4, -0.2) is 32.8 Å². The molecular weight excluding hydrogens is 340 g/mol. The summed E-state index contributed by atoms with van der Waals surface area (Å²) in [5, 5.41) is 4.35. The quantitative estimate of drug-likeness (QED) is 0.720. The van der Waals surface area contributed by atoms with E-state index in [9.17, 15) is 4.79 Å². The highest BCUT2D eigenvalue weighted by atomic mass is 16.5. The van der Waals surface area contributed by atoms with Crippen LogP contribution in [0.5, 0.6) is 5.75 Å². The maximum atomic E-state index is 12.6. The van der Waals surface area contributed by atoms with Crippen molar-refractivity contribution in [2.24, 2.45) is 0 Å². The third-order valence-electron chi connectivity index (χ3n) is 5.17. The van der Waals surface area contributed by atoms with E-state index >= 15 is 0 Å². The van der Waals surface area contributed by atoms with Crippen LogP contribution in [0.25, 0.3) is 22.1 Å². The van der Waals surface area contributed by atoms with Gasteiger partial charge in [0, 0.05) is 42.8 Å². The van der Waals surface area contributed by atoms with E-state index in [4.69, 9.17) is 9.15 Å². The molecule has 5 nitrogen and oxygen atoms in total. The van der Waals surface area contributed by atoms with Gasteiger partial charge in [0.05, 0.1) is 12.7 Å². The normalized spacial score (nSPS) is 17.3. The van der Waals surface area contributed by atoms with Crippen LogP contribution in [0.15, 0.2) is 51.7 Å². The number of anilines is 1. The van der Waals surface area contributed by atoms with Crippen LogP contribution in [0.3, 0.4) is 0 Å². The van der Waals surface area contributed by atoms with Gasteiger partial charge in [0.25, 0.3) is 0 Å². The standard InChI is InChI=1S/C22H24N2O3/c1-14-4-5-16(11-20(14)26-3)19-10-17-6-7-18(12-21(17)27-22(19)25)24-9-8-23-15(2)13-24/h4-7,10-12,15,23H,8-9,13H2,1-3H3. The number of aryl methyl sites for hydroxylation is 1. The van der Waals surface area contributed by atoms with Crippen molar-refractivity contribution in [1.29, 1.82) is 0 Å². The Labute approximate surface area is 158 Å². The molecule has 27 heavy (non-hydrogen) atoms. The fraction of sp³-hybridized carbons (Fsp3) is 0.318. The summed E-state index contributed by atoms with van der Waals surface area (Å²) in [6, 6.07) is 14.2. The predicted octanol–water partition coefficient (Wildman–Crippen LogP) is 3.58. The summed E-state index contributed by atoms with van der Waals surface area (Å²) in [4.78, 5) is 14.9. The Morgan fingerprint density at radius 1 is 1.19 bits per heavy atom. The van der Waals surface area contributed by atoms with E-state index < -0.39 is 0 Å². The maximum Gasteiger partial charge on any atom is 0.344 e. The Kier molecular flexibility index (Phi) is 4.62. The van der Waals surface area contributed by atoms with Crippen LogP contribution >= 0.6 is 0 Å². The topological polar surface area (TPSA) is 54.7 Å². The highest BCUT2D eigenvalue weighted by molar-refractivity contribution is 5.84. The van der Waals surface area contributed by atoms with Crippen LogP contribution in [-0.2, 0) is 0 Å². The van der Waals surface area contributed by atoms with Crippen LogP contribution in [0.1, 0.15) is 12.5 Å². The monoisotopic (exact) mass is 364 g/mol. The van der Waals surface area contributed by atoms with E-state index in [1.54, 1.807) is 7.11 Å². The lowest BCUT2D eigenvalue weighted by Crippen LogP contribution is -2.49. The van der Waals surface area contributed by atoms with Crippen molar-refractivity contribution in [3.05, 3.63) is 58.4 Å². The molecule has 1 aliphatic rings. The van der Waals surface area contributed by atoms with Crippen molar-refractivity contribution < 1.29 is 9.15 Å². The van der Waals surface area contributed by atoms with Gasteiger partial charge in [-0.1, -0.05) is 12.1 Å². The van der Waals surface area contributed by atoms with E-state index in [1.165, 1.54) is 0 Å². The van der Waals surface area contributed by atoms with Gasteiger partial charge in [-0.25, -0.2) is 4.79 Å². The second-order valence-corrected chi connectivity index (χ2v) is 7.16. The van der Waals surface area contributed by atoms with E-state index in [1.807, 2.05) is 43.3 Å². The molecule has 0 amide bonds. The number of rotatable bonds is 3. The molecule has 140 valence electrons. The molecule has 0 saturated carbocycles. The van der Waals surface area contributed by atoms with Gasteiger partial charge < -0.3 is 19.4 Å². The number of fused-ring (bicyclic) bond motifs is 1. The molecular formula is C22H24N2O3. The summed E-state index contributed by atoms with van der Waals surface area (Å²) in [5.41, 5.74) is 3.74. The molecule has 0 radical (unpaired) electrons. The molecule has 1 atom stereocenters. The molecule has 0 spiro atoms. The van der Waals surface area contributed by atoms with Crippen molar-refractivity contribution in [2.45, 2.75) is 19.9 Å². The van der Waals surface area contributed by atoms with Crippen LogP contribution in [0, 0.1) is 6.92 Å². The summed E-state index contributed by atoms with van der Waals surface area (Å²) >= 11 is 0. The smallest absolute Gasteiger partial charge is 0.344 e. The molecule has 0 bridgehead atoms. The van der Waals surface area contributed by atoms with Crippen molar-refractivity contribution in [3.8, 4) is 16.9 Å². The van der Waals surface area contributed by atoms with Gasteiger partial charge in [-0.3, -0.25) is 0 Å². The summed E-state index contributed by atoms with van der Waals surface area (Å²) in [5.74, 6) is 0.759. The highest BCUT2D eigenvalue weighted by Gasteiger charge is 2.17. The third kappa shape index (κ3) is 3.43. The zero-order chi connectivity index (χ0) is 19.0. The van der Waals surface area contributed by atoms with Gasteiger partial charge in [-0.2, -0.15) is 0 Å². The third-order valence-corrected chi connectivity index (χ3v) is 5.17. The number of nitrogens with one attached hydrogen (secondary N) is 1. The lowest BCUT2D eigenvalue weighted by atomic mass is 10.0. The molecule has 1 N–H and O–H groups in total. The first kappa shape index (κ1) is 17.6. The van der Waals surface area contributed by atoms with Crippen molar-refractivity contribution in [2.75, 3.05) is 31.6 Å². The lowest BCUT2D eigenvalue weighted by molar-refractivity contribution is 0.412. The van der Waals surface area contributed by atoms with Crippen LogP contribution in [0.4, 0.5) is 5.69 Å². The van der Waals surface area contributed by atoms with Crippen LogP contribution < -0.4 is 20.6 Å². The Bertz CT molecular complexity index is 1040. The van der Waals surface area contributed by atoms with E-state index in [0.717, 1.165) is 47.6 Å². The second-order valence-electron chi connectivity index (χ2n) is 7.16. The van der Waals surface area contributed by atoms with E-state index in [-0.39, 0.29) is 5.63 Å². The molecule has 1 aromatic heterocycles. The van der Waals surface area contributed by atoms with Crippen molar-refractivity contribution >= 4 is 16.7 Å². The van der Waals surface area contributed by atoms with Gasteiger partial charge in [0.1, 0.15) is 11.3 Å². The van der Waals surface area contributed by atoms with Gasteiger partial charge in [-0.05, 0) is 49.2 Å². The maximum absolute atomic E-state index is 12.6. The number of nitrogens with zero attached hydrogens (tertiary/aromatic N) is 1. The Hall–Kier alpha value is -2.79. The number of benzene rings is 2. The molecule has 2 heterocycles. The van der Waals surface area contributed by atoms with Crippen LogP contribution in [0.2, 0.25) is 0 Å². The molecule has 2 aromatic carbocycles. The minimum absolute atomic E-state index is 0.334. The first-order chi connectivity index (χ1) is 13.0. The van der Waals surface area contributed by atoms with Gasteiger partial charge in [-0.15, -0.1) is 0 Å². The summed E-state index contributed by atoms with van der Waals surface area (Å²) in [6.45, 7) is 7.00. The first-order valence-electron chi connectivity index (χ1n) is 9.26. The highest BCUT2D eigenvalue weighted by Crippen LogP contribution is 2.28. The largest absolute Gasteiger partial charge is 0.496 e. The van der Waals surface area contributed by atoms with Crippen molar-refractivity contribution in [3.63, 3.8) is 0 Å².